The van der Waals surface area contributed by atoms with Gasteiger partial charge in [0.05, 0.1) is 13.0 Å². The lowest BCUT2D eigenvalue weighted by molar-refractivity contribution is -0.143. The summed E-state index contributed by atoms with van der Waals surface area (Å²) in [6.45, 7) is 8.25. The number of nitrogens with zero attached hydrogens (tertiary/aromatic N) is 2. The number of likely N-dealkylation sites (N-methyl/N-ethyl adjacent to an activating group) is 1. The van der Waals surface area contributed by atoms with Gasteiger partial charge >= 0.3 is 5.97 Å². The van der Waals surface area contributed by atoms with E-state index in [9.17, 15) is 4.79 Å². The third-order valence-corrected chi connectivity index (χ3v) is 4.04. The standard InChI is InChI=1S/C16H24N2O2/c1-3-17-9-11-18(12-10-17)13-15(16(19)20-2)14-7-5-4-6-8-14/h4-8,15H,3,9-13H2,1-2H3. The summed E-state index contributed by atoms with van der Waals surface area (Å²) in [5.74, 6) is -0.330. The van der Waals surface area contributed by atoms with Crippen LogP contribution in [0.4, 0.5) is 0 Å². The molecule has 0 aromatic heterocycles. The summed E-state index contributed by atoms with van der Waals surface area (Å²) < 4.78 is 4.97. The molecule has 0 spiro atoms. The smallest absolute Gasteiger partial charge is 0.314 e. The normalized spacial score (nSPS) is 18.7. The van der Waals surface area contributed by atoms with Crippen LogP contribution >= 0.6 is 0 Å². The Morgan fingerprint density at radius 2 is 1.75 bits per heavy atom. The summed E-state index contributed by atoms with van der Waals surface area (Å²) in [6.07, 6.45) is 0. The molecule has 1 atom stereocenters. The number of esters is 1. The monoisotopic (exact) mass is 276 g/mol. The van der Waals surface area contributed by atoms with Gasteiger partial charge in [-0.1, -0.05) is 37.3 Å². The molecule has 0 amide bonds. The van der Waals surface area contributed by atoms with E-state index in [4.69, 9.17) is 4.74 Å². The largest absolute Gasteiger partial charge is 0.469 e. The minimum absolute atomic E-state index is 0.144. The van der Waals surface area contributed by atoms with Gasteiger partial charge in [0.1, 0.15) is 0 Å². The van der Waals surface area contributed by atoms with Gasteiger partial charge in [-0.2, -0.15) is 0 Å². The van der Waals surface area contributed by atoms with Crippen molar-refractivity contribution in [2.45, 2.75) is 12.8 Å². The van der Waals surface area contributed by atoms with Gasteiger partial charge in [0.15, 0.2) is 0 Å². The molecule has 4 nitrogen and oxygen atoms in total. The van der Waals surface area contributed by atoms with Gasteiger partial charge < -0.3 is 9.64 Å². The van der Waals surface area contributed by atoms with Gasteiger partial charge in [-0.25, -0.2) is 0 Å². The molecule has 1 aromatic carbocycles. The number of hydrogen-bond acceptors (Lipinski definition) is 4. The molecule has 110 valence electrons. The first-order valence-corrected chi connectivity index (χ1v) is 7.32. The third-order valence-electron chi connectivity index (χ3n) is 4.04. The molecule has 0 saturated carbocycles. The Kier molecular flexibility index (Phi) is 5.56. The third kappa shape index (κ3) is 3.81. The van der Waals surface area contributed by atoms with E-state index in [2.05, 4.69) is 16.7 Å². The van der Waals surface area contributed by atoms with Crippen LogP contribution in [0.3, 0.4) is 0 Å². The number of rotatable bonds is 5. The van der Waals surface area contributed by atoms with Crippen LogP contribution in [-0.4, -0.2) is 62.1 Å². The Morgan fingerprint density at radius 3 is 2.30 bits per heavy atom. The van der Waals surface area contributed by atoms with Crippen LogP contribution in [0.1, 0.15) is 18.4 Å². The van der Waals surface area contributed by atoms with Gasteiger partial charge in [-0.05, 0) is 12.1 Å². The first-order valence-electron chi connectivity index (χ1n) is 7.32. The quantitative estimate of drug-likeness (QED) is 0.765. The van der Waals surface area contributed by atoms with Crippen LogP contribution in [0.25, 0.3) is 0 Å². The van der Waals surface area contributed by atoms with Crippen LogP contribution in [0.5, 0.6) is 0 Å². The Labute approximate surface area is 121 Å². The van der Waals surface area contributed by atoms with E-state index in [1.807, 2.05) is 30.3 Å². The highest BCUT2D eigenvalue weighted by atomic mass is 16.5. The minimum Gasteiger partial charge on any atom is -0.469 e. The molecule has 0 radical (unpaired) electrons. The Morgan fingerprint density at radius 1 is 1.15 bits per heavy atom. The second-order valence-electron chi connectivity index (χ2n) is 5.22. The summed E-state index contributed by atoms with van der Waals surface area (Å²) in [5.41, 5.74) is 1.04. The lowest BCUT2D eigenvalue weighted by atomic mass is 9.98. The number of benzene rings is 1. The summed E-state index contributed by atoms with van der Waals surface area (Å²) in [5, 5.41) is 0. The summed E-state index contributed by atoms with van der Waals surface area (Å²) in [7, 11) is 1.47. The molecule has 20 heavy (non-hydrogen) atoms. The number of piperazine rings is 1. The average molecular weight is 276 g/mol. The predicted octanol–water partition coefficient (Wildman–Crippen LogP) is 1.58. The van der Waals surface area contributed by atoms with Crippen molar-refractivity contribution in [3.8, 4) is 0 Å². The van der Waals surface area contributed by atoms with Crippen molar-refractivity contribution < 1.29 is 9.53 Å². The van der Waals surface area contributed by atoms with Crippen molar-refractivity contribution in [2.75, 3.05) is 46.4 Å². The Bertz CT molecular complexity index is 414. The minimum atomic E-state index is -0.186. The highest BCUT2D eigenvalue weighted by Gasteiger charge is 2.26. The fourth-order valence-electron chi connectivity index (χ4n) is 2.69. The topological polar surface area (TPSA) is 32.8 Å². The van der Waals surface area contributed by atoms with E-state index in [-0.39, 0.29) is 11.9 Å². The second kappa shape index (κ2) is 7.41. The van der Waals surface area contributed by atoms with Gasteiger partial charge in [-0.15, -0.1) is 0 Å². The van der Waals surface area contributed by atoms with Gasteiger partial charge in [0, 0.05) is 32.7 Å². The first-order chi connectivity index (χ1) is 9.74. The molecule has 1 aromatic rings. The van der Waals surface area contributed by atoms with Crippen LogP contribution in [0, 0.1) is 0 Å². The fraction of sp³-hybridized carbons (Fsp3) is 0.562. The van der Waals surface area contributed by atoms with Crippen LogP contribution < -0.4 is 0 Å². The lowest BCUT2D eigenvalue weighted by Crippen LogP contribution is -2.47. The van der Waals surface area contributed by atoms with E-state index in [0.29, 0.717) is 0 Å². The summed E-state index contributed by atoms with van der Waals surface area (Å²) >= 11 is 0. The highest BCUT2D eigenvalue weighted by Crippen LogP contribution is 2.19. The molecule has 2 rings (SSSR count). The van der Waals surface area contributed by atoms with Crippen molar-refractivity contribution in [2.24, 2.45) is 0 Å². The zero-order valence-electron chi connectivity index (χ0n) is 12.4. The maximum atomic E-state index is 12.0. The molecule has 1 unspecified atom stereocenters. The number of carbonyl (C=O) groups excluding carboxylic acids is 1. The van der Waals surface area contributed by atoms with Crippen molar-refractivity contribution in [3.63, 3.8) is 0 Å². The van der Waals surface area contributed by atoms with Gasteiger partial charge in [0.2, 0.25) is 0 Å². The van der Waals surface area contributed by atoms with Crippen LogP contribution in [0.15, 0.2) is 30.3 Å². The van der Waals surface area contributed by atoms with Gasteiger partial charge in [-0.3, -0.25) is 9.69 Å². The summed E-state index contributed by atoms with van der Waals surface area (Å²) in [4.78, 5) is 16.8. The van der Waals surface area contributed by atoms with E-state index >= 15 is 0 Å². The molecular formula is C16H24N2O2. The maximum absolute atomic E-state index is 12.0. The molecule has 0 N–H and O–H groups in total. The zero-order chi connectivity index (χ0) is 14.4. The predicted molar refractivity (Wildman–Crippen MR) is 79.8 cm³/mol. The fourth-order valence-corrected chi connectivity index (χ4v) is 2.69. The second-order valence-corrected chi connectivity index (χ2v) is 5.22. The van der Waals surface area contributed by atoms with Crippen LogP contribution in [0.2, 0.25) is 0 Å². The van der Waals surface area contributed by atoms with Crippen molar-refractivity contribution >= 4 is 5.97 Å². The van der Waals surface area contributed by atoms with E-state index in [0.717, 1.165) is 44.8 Å². The average Bonchev–Trinajstić information content (AvgIpc) is 2.53. The molecule has 1 heterocycles. The van der Waals surface area contributed by atoms with Crippen molar-refractivity contribution in [3.05, 3.63) is 35.9 Å². The van der Waals surface area contributed by atoms with E-state index < -0.39 is 0 Å². The maximum Gasteiger partial charge on any atom is 0.314 e. The van der Waals surface area contributed by atoms with Crippen LogP contribution in [-0.2, 0) is 9.53 Å². The first kappa shape index (κ1) is 15.0. The SMILES string of the molecule is CCN1CCN(CC(C(=O)OC)c2ccccc2)CC1. The molecule has 1 fully saturated rings. The van der Waals surface area contributed by atoms with Gasteiger partial charge in [0.25, 0.3) is 0 Å². The summed E-state index contributed by atoms with van der Waals surface area (Å²) in [6, 6.07) is 9.92. The zero-order valence-corrected chi connectivity index (χ0v) is 12.4. The number of hydrogen-bond donors (Lipinski definition) is 0. The lowest BCUT2D eigenvalue weighted by Gasteiger charge is -2.35. The number of methoxy groups -OCH3 is 1. The van der Waals surface area contributed by atoms with E-state index in [1.165, 1.54) is 7.11 Å². The Hall–Kier alpha value is -1.39. The highest BCUT2D eigenvalue weighted by molar-refractivity contribution is 5.78. The molecule has 1 saturated heterocycles. The van der Waals surface area contributed by atoms with Crippen molar-refractivity contribution in [1.29, 1.82) is 0 Å². The molecule has 1 aliphatic heterocycles. The molecular weight excluding hydrogens is 252 g/mol. The molecule has 0 bridgehead atoms. The number of ether oxygens (including phenoxy) is 1. The van der Waals surface area contributed by atoms with Crippen molar-refractivity contribution in [1.82, 2.24) is 9.80 Å². The molecule has 1 aliphatic rings. The Balaban J connectivity index is 2.00. The number of carbonyl (C=O) groups is 1. The molecule has 4 heteroatoms. The van der Waals surface area contributed by atoms with E-state index in [1.54, 1.807) is 0 Å². The molecule has 0 aliphatic carbocycles.